The standard InChI is InChI=1S/C14H20N2O4S.ClH/c1-20-14(17)10-5-7-12(8-6-10)21(18,19)16-13-4-2-3-11(13)9-15;/h5-8,11,13,16H,2-4,9,15H2,1H3;1H. The van der Waals surface area contributed by atoms with Gasteiger partial charge in [0.2, 0.25) is 10.0 Å². The molecule has 1 aliphatic carbocycles. The average Bonchev–Trinajstić information content (AvgIpc) is 2.93. The van der Waals surface area contributed by atoms with E-state index < -0.39 is 16.0 Å². The molecule has 0 radical (unpaired) electrons. The van der Waals surface area contributed by atoms with Crippen LogP contribution in [0.15, 0.2) is 29.2 Å². The summed E-state index contributed by atoms with van der Waals surface area (Å²) in [5.41, 5.74) is 5.98. The maximum absolute atomic E-state index is 12.3. The second-order valence-electron chi connectivity index (χ2n) is 5.17. The highest BCUT2D eigenvalue weighted by Gasteiger charge is 2.30. The Labute approximate surface area is 136 Å². The van der Waals surface area contributed by atoms with Crippen LogP contribution in [0.2, 0.25) is 0 Å². The number of carbonyl (C=O) groups is 1. The summed E-state index contributed by atoms with van der Waals surface area (Å²) >= 11 is 0. The molecule has 22 heavy (non-hydrogen) atoms. The summed E-state index contributed by atoms with van der Waals surface area (Å²) in [5, 5.41) is 0. The van der Waals surface area contributed by atoms with Gasteiger partial charge >= 0.3 is 5.97 Å². The highest BCUT2D eigenvalue weighted by atomic mass is 35.5. The van der Waals surface area contributed by atoms with Gasteiger partial charge in [-0.1, -0.05) is 6.42 Å². The number of hydrogen-bond donors (Lipinski definition) is 2. The molecule has 1 aromatic rings. The van der Waals surface area contributed by atoms with Crippen LogP contribution in [0.1, 0.15) is 29.6 Å². The summed E-state index contributed by atoms with van der Waals surface area (Å²) in [7, 11) is -2.31. The van der Waals surface area contributed by atoms with Crippen molar-refractivity contribution in [1.82, 2.24) is 4.72 Å². The number of esters is 1. The molecule has 0 bridgehead atoms. The van der Waals surface area contributed by atoms with Crippen molar-refractivity contribution in [3.63, 3.8) is 0 Å². The SMILES string of the molecule is COC(=O)c1ccc(S(=O)(=O)NC2CCCC2CN)cc1.Cl. The first kappa shape index (κ1) is 18.9. The van der Waals surface area contributed by atoms with Crippen LogP contribution in [0, 0.1) is 5.92 Å². The van der Waals surface area contributed by atoms with E-state index >= 15 is 0 Å². The van der Waals surface area contributed by atoms with Gasteiger partial charge in [-0.05, 0) is 49.6 Å². The number of hydrogen-bond acceptors (Lipinski definition) is 5. The second-order valence-corrected chi connectivity index (χ2v) is 6.88. The molecule has 2 unspecified atom stereocenters. The van der Waals surface area contributed by atoms with E-state index in [1.165, 1.54) is 31.4 Å². The summed E-state index contributed by atoms with van der Waals surface area (Å²) in [6.07, 6.45) is 2.74. The summed E-state index contributed by atoms with van der Waals surface area (Å²) < 4.78 is 32.0. The maximum Gasteiger partial charge on any atom is 0.337 e. The summed E-state index contributed by atoms with van der Waals surface area (Å²) in [6.45, 7) is 0.481. The number of methoxy groups -OCH3 is 1. The second kappa shape index (κ2) is 7.92. The fourth-order valence-corrected chi connectivity index (χ4v) is 3.97. The van der Waals surface area contributed by atoms with Gasteiger partial charge in [0.15, 0.2) is 0 Å². The average molecular weight is 349 g/mol. The molecule has 6 nitrogen and oxygen atoms in total. The van der Waals surface area contributed by atoms with E-state index in [1.807, 2.05) is 0 Å². The van der Waals surface area contributed by atoms with Gasteiger partial charge in [0.1, 0.15) is 0 Å². The van der Waals surface area contributed by atoms with Crippen molar-refractivity contribution in [2.45, 2.75) is 30.2 Å². The molecule has 0 spiro atoms. The van der Waals surface area contributed by atoms with Crippen LogP contribution in [0.3, 0.4) is 0 Å². The van der Waals surface area contributed by atoms with Crippen molar-refractivity contribution in [1.29, 1.82) is 0 Å². The third-order valence-corrected chi connectivity index (χ3v) is 5.36. The number of carbonyl (C=O) groups excluding carboxylic acids is 1. The lowest BCUT2D eigenvalue weighted by atomic mass is 10.1. The van der Waals surface area contributed by atoms with E-state index in [1.54, 1.807) is 0 Å². The Kier molecular flexibility index (Phi) is 6.80. The molecule has 3 N–H and O–H groups in total. The van der Waals surface area contributed by atoms with Crippen LogP contribution < -0.4 is 10.5 Å². The van der Waals surface area contributed by atoms with Crippen molar-refractivity contribution in [3.8, 4) is 0 Å². The molecule has 0 aromatic heterocycles. The van der Waals surface area contributed by atoms with Gasteiger partial charge in [0.05, 0.1) is 17.6 Å². The van der Waals surface area contributed by atoms with Crippen molar-refractivity contribution in [2.75, 3.05) is 13.7 Å². The molecule has 1 aromatic carbocycles. The monoisotopic (exact) mass is 348 g/mol. The lowest BCUT2D eigenvalue weighted by Crippen LogP contribution is -2.39. The zero-order valence-electron chi connectivity index (χ0n) is 12.3. The third-order valence-electron chi connectivity index (χ3n) is 3.85. The van der Waals surface area contributed by atoms with Gasteiger partial charge in [-0.15, -0.1) is 12.4 Å². The first-order chi connectivity index (χ1) is 9.97. The molecule has 8 heteroatoms. The van der Waals surface area contributed by atoms with Gasteiger partial charge in [-0.25, -0.2) is 17.9 Å². The molecule has 0 saturated heterocycles. The normalized spacial score (nSPS) is 21.2. The van der Waals surface area contributed by atoms with Crippen LogP contribution in [0.5, 0.6) is 0 Å². The number of rotatable bonds is 5. The first-order valence-electron chi connectivity index (χ1n) is 6.88. The van der Waals surface area contributed by atoms with E-state index in [0.717, 1.165) is 19.3 Å². The lowest BCUT2D eigenvalue weighted by molar-refractivity contribution is 0.0600. The van der Waals surface area contributed by atoms with Gasteiger partial charge in [-0.3, -0.25) is 0 Å². The molecule has 1 fully saturated rings. The minimum absolute atomic E-state index is 0. The molecular formula is C14H21ClN2O4S. The minimum Gasteiger partial charge on any atom is -0.465 e. The van der Waals surface area contributed by atoms with Crippen LogP contribution in [0.25, 0.3) is 0 Å². The smallest absolute Gasteiger partial charge is 0.337 e. The molecule has 2 atom stereocenters. The van der Waals surface area contributed by atoms with Crippen molar-refractivity contribution >= 4 is 28.4 Å². The number of nitrogens with two attached hydrogens (primary N) is 1. The Balaban J connectivity index is 0.00000242. The van der Waals surface area contributed by atoms with E-state index in [4.69, 9.17) is 5.73 Å². The Morgan fingerprint density at radius 3 is 2.50 bits per heavy atom. The molecular weight excluding hydrogens is 328 g/mol. The van der Waals surface area contributed by atoms with Crippen LogP contribution in [-0.4, -0.2) is 34.1 Å². The van der Waals surface area contributed by atoms with Crippen LogP contribution >= 0.6 is 12.4 Å². The fourth-order valence-electron chi connectivity index (χ4n) is 2.63. The number of sulfonamides is 1. The fraction of sp³-hybridized carbons (Fsp3) is 0.500. The van der Waals surface area contributed by atoms with E-state index in [2.05, 4.69) is 9.46 Å². The lowest BCUT2D eigenvalue weighted by Gasteiger charge is -2.19. The zero-order valence-corrected chi connectivity index (χ0v) is 14.0. The Bertz CT molecular complexity index is 604. The first-order valence-corrected chi connectivity index (χ1v) is 8.37. The van der Waals surface area contributed by atoms with Crippen molar-refractivity contribution in [2.24, 2.45) is 11.7 Å². The molecule has 0 heterocycles. The highest BCUT2D eigenvalue weighted by molar-refractivity contribution is 7.89. The van der Waals surface area contributed by atoms with Crippen LogP contribution in [-0.2, 0) is 14.8 Å². The number of ether oxygens (including phenoxy) is 1. The van der Waals surface area contributed by atoms with E-state index in [9.17, 15) is 13.2 Å². The Morgan fingerprint density at radius 1 is 1.32 bits per heavy atom. The predicted octanol–water partition coefficient (Wildman–Crippen LogP) is 1.30. The van der Waals surface area contributed by atoms with Gasteiger partial charge in [-0.2, -0.15) is 0 Å². The summed E-state index contributed by atoms with van der Waals surface area (Å²) in [4.78, 5) is 11.5. The summed E-state index contributed by atoms with van der Waals surface area (Å²) in [6, 6.07) is 5.58. The van der Waals surface area contributed by atoms with Gasteiger partial charge in [0.25, 0.3) is 0 Å². The van der Waals surface area contributed by atoms with Crippen LogP contribution in [0.4, 0.5) is 0 Å². The molecule has 0 aliphatic heterocycles. The van der Waals surface area contributed by atoms with E-state index in [-0.39, 0.29) is 29.3 Å². The maximum atomic E-state index is 12.3. The number of nitrogens with one attached hydrogen (secondary N) is 1. The van der Waals surface area contributed by atoms with E-state index in [0.29, 0.717) is 12.1 Å². The Hall–Kier alpha value is -1.15. The largest absolute Gasteiger partial charge is 0.465 e. The van der Waals surface area contributed by atoms with Crippen molar-refractivity contribution < 1.29 is 17.9 Å². The number of benzene rings is 1. The minimum atomic E-state index is -3.59. The highest BCUT2D eigenvalue weighted by Crippen LogP contribution is 2.26. The van der Waals surface area contributed by atoms with Crippen molar-refractivity contribution in [3.05, 3.63) is 29.8 Å². The Morgan fingerprint density at radius 2 is 1.95 bits per heavy atom. The molecule has 0 amide bonds. The van der Waals surface area contributed by atoms with Gasteiger partial charge in [0, 0.05) is 6.04 Å². The number of halogens is 1. The molecule has 1 saturated carbocycles. The van der Waals surface area contributed by atoms with Gasteiger partial charge < -0.3 is 10.5 Å². The molecule has 124 valence electrons. The summed E-state index contributed by atoms with van der Waals surface area (Å²) in [5.74, 6) is -0.306. The quantitative estimate of drug-likeness (QED) is 0.781. The topological polar surface area (TPSA) is 98.5 Å². The molecule has 2 rings (SSSR count). The predicted molar refractivity (Wildman–Crippen MR) is 85.5 cm³/mol. The molecule has 1 aliphatic rings. The zero-order chi connectivity index (χ0) is 15.5. The third kappa shape index (κ3) is 4.19.